The quantitative estimate of drug-likeness (QED) is 0.339. The summed E-state index contributed by atoms with van der Waals surface area (Å²) in [6.45, 7) is -0.776. The Kier molecular flexibility index (Phi) is 6.30. The van der Waals surface area contributed by atoms with Gasteiger partial charge >= 0.3 is 12.4 Å². The van der Waals surface area contributed by atoms with Crippen molar-refractivity contribution in [1.82, 2.24) is 19.9 Å². The van der Waals surface area contributed by atoms with Gasteiger partial charge in [0.25, 0.3) is 0 Å². The van der Waals surface area contributed by atoms with Crippen LogP contribution in [0.5, 0.6) is 0 Å². The van der Waals surface area contributed by atoms with Gasteiger partial charge in [0.05, 0.1) is 28.9 Å². The number of aliphatic hydroxyl groups excluding tert-OH is 2. The monoisotopic (exact) mass is 495 g/mol. The molecule has 4 rings (SSSR count). The molecule has 0 aliphatic carbocycles. The number of benzene rings is 1. The molecule has 0 amide bonds. The van der Waals surface area contributed by atoms with E-state index in [1.807, 2.05) is 0 Å². The fourth-order valence-corrected chi connectivity index (χ4v) is 3.26. The van der Waals surface area contributed by atoms with E-state index in [2.05, 4.69) is 25.3 Å². The molecule has 3 aromatic heterocycles. The van der Waals surface area contributed by atoms with E-state index in [1.54, 1.807) is 0 Å². The number of halogens is 6. The second-order valence-electron chi connectivity index (χ2n) is 7.38. The molecule has 0 radical (unpaired) electrons. The van der Waals surface area contributed by atoms with Crippen LogP contribution in [-0.4, -0.2) is 36.8 Å². The summed E-state index contributed by atoms with van der Waals surface area (Å²) in [7, 11) is 0. The summed E-state index contributed by atoms with van der Waals surface area (Å²) < 4.78 is 79.4. The number of hydrogen-bond donors (Lipinski definition) is 3. The van der Waals surface area contributed by atoms with Gasteiger partial charge in [-0.15, -0.1) is 0 Å². The van der Waals surface area contributed by atoms with Crippen molar-refractivity contribution in [2.45, 2.75) is 18.5 Å². The molecule has 3 N–H and O–H groups in total. The van der Waals surface area contributed by atoms with E-state index in [0.29, 0.717) is 6.07 Å². The lowest BCUT2D eigenvalue weighted by molar-refractivity contribution is -0.138. The zero-order chi connectivity index (χ0) is 25.4. The Labute approximate surface area is 193 Å². The molecule has 0 saturated heterocycles. The molecule has 0 bridgehead atoms. The molecule has 35 heavy (non-hydrogen) atoms. The minimum absolute atomic E-state index is 0.0194. The van der Waals surface area contributed by atoms with E-state index >= 15 is 0 Å². The van der Waals surface area contributed by atoms with Crippen molar-refractivity contribution in [2.75, 3.05) is 11.9 Å². The van der Waals surface area contributed by atoms with Crippen molar-refractivity contribution in [3.63, 3.8) is 0 Å². The van der Waals surface area contributed by atoms with Crippen molar-refractivity contribution in [1.29, 1.82) is 0 Å². The number of pyridine rings is 2. The summed E-state index contributed by atoms with van der Waals surface area (Å²) in [5, 5.41) is 21.5. The van der Waals surface area contributed by atoms with Gasteiger partial charge in [0.1, 0.15) is 17.9 Å². The Balaban J connectivity index is 1.72. The molecule has 0 aliphatic rings. The zero-order valence-electron chi connectivity index (χ0n) is 17.4. The number of alkyl halides is 6. The molecule has 7 nitrogen and oxygen atoms in total. The van der Waals surface area contributed by atoms with Crippen LogP contribution in [0.1, 0.15) is 22.8 Å². The number of fused-ring (bicyclic) bond motifs is 1. The van der Waals surface area contributed by atoms with Crippen LogP contribution in [0.15, 0.2) is 55.1 Å². The maximum atomic E-state index is 13.7. The second-order valence-corrected chi connectivity index (χ2v) is 7.38. The van der Waals surface area contributed by atoms with E-state index in [9.17, 15) is 31.4 Å². The van der Waals surface area contributed by atoms with Crippen molar-refractivity contribution >= 4 is 22.5 Å². The van der Waals surface area contributed by atoms with Crippen LogP contribution in [0.3, 0.4) is 0 Å². The summed E-state index contributed by atoms with van der Waals surface area (Å²) in [6, 6.07) is 6.19. The third kappa shape index (κ3) is 5.15. The molecule has 0 saturated carbocycles. The molecule has 1 aromatic carbocycles. The van der Waals surface area contributed by atoms with Gasteiger partial charge in [-0.2, -0.15) is 26.3 Å². The summed E-state index contributed by atoms with van der Waals surface area (Å²) in [5.41, 5.74) is -2.06. The Morgan fingerprint density at radius 3 is 2.20 bits per heavy atom. The van der Waals surface area contributed by atoms with Crippen LogP contribution >= 0.6 is 0 Å². The maximum absolute atomic E-state index is 13.7. The Hall–Kier alpha value is -3.84. The first kappa shape index (κ1) is 24.3. The standard InChI is InChI=1S/C22H15F6N5O2/c23-21(24,25)13-1-3-14(4-2-13)33-20-19-16(31-10-32-20)6-12(8-30-19)18-15(22(26,27)28)5-11(7-29-18)17(35)9-34/h1-8,10,17,34-35H,9H2,(H,31,32,33)/t17-/m1/s1. The molecule has 3 heterocycles. The highest BCUT2D eigenvalue weighted by Crippen LogP contribution is 2.38. The minimum atomic E-state index is -4.82. The molecule has 13 heteroatoms. The molecule has 0 unspecified atom stereocenters. The van der Waals surface area contributed by atoms with Crippen LogP contribution in [0.4, 0.5) is 37.8 Å². The Morgan fingerprint density at radius 2 is 1.57 bits per heavy atom. The molecular formula is C22H15F6N5O2. The van der Waals surface area contributed by atoms with Crippen LogP contribution in [0.2, 0.25) is 0 Å². The van der Waals surface area contributed by atoms with Gasteiger partial charge in [0, 0.05) is 29.2 Å². The first-order valence-electron chi connectivity index (χ1n) is 9.89. The molecule has 182 valence electrons. The molecular weight excluding hydrogens is 480 g/mol. The van der Waals surface area contributed by atoms with Gasteiger partial charge in [0.15, 0.2) is 5.82 Å². The van der Waals surface area contributed by atoms with Crippen LogP contribution in [0.25, 0.3) is 22.3 Å². The van der Waals surface area contributed by atoms with Crippen LogP contribution in [-0.2, 0) is 12.4 Å². The average molecular weight is 495 g/mol. The largest absolute Gasteiger partial charge is 0.418 e. The Bertz CT molecular complexity index is 1360. The average Bonchev–Trinajstić information content (AvgIpc) is 2.82. The van der Waals surface area contributed by atoms with E-state index in [1.165, 1.54) is 18.2 Å². The predicted molar refractivity (Wildman–Crippen MR) is 112 cm³/mol. The lowest BCUT2D eigenvalue weighted by Gasteiger charge is -2.16. The lowest BCUT2D eigenvalue weighted by atomic mass is 10.0. The van der Waals surface area contributed by atoms with Gasteiger partial charge in [-0.05, 0) is 36.4 Å². The van der Waals surface area contributed by atoms with Gasteiger partial charge in [0.2, 0.25) is 0 Å². The van der Waals surface area contributed by atoms with Crippen LogP contribution in [0, 0.1) is 0 Å². The van der Waals surface area contributed by atoms with E-state index < -0.39 is 41.9 Å². The molecule has 1 atom stereocenters. The smallest absolute Gasteiger partial charge is 0.393 e. The van der Waals surface area contributed by atoms with E-state index in [0.717, 1.165) is 30.9 Å². The first-order valence-corrected chi connectivity index (χ1v) is 9.89. The predicted octanol–water partition coefficient (Wildman–Crippen LogP) is 4.89. The van der Waals surface area contributed by atoms with Crippen molar-refractivity contribution in [3.05, 3.63) is 71.8 Å². The normalized spacial score (nSPS) is 13.1. The molecule has 0 aliphatic heterocycles. The third-order valence-corrected chi connectivity index (χ3v) is 5.00. The van der Waals surface area contributed by atoms with Crippen molar-refractivity contribution < 1.29 is 36.6 Å². The number of rotatable bonds is 5. The van der Waals surface area contributed by atoms with Crippen LogP contribution < -0.4 is 5.32 Å². The van der Waals surface area contributed by atoms with Crippen molar-refractivity contribution in [2.24, 2.45) is 0 Å². The fourth-order valence-electron chi connectivity index (χ4n) is 3.26. The SMILES string of the molecule is OC[C@@H](O)c1cnc(-c2cnc3c(Nc4ccc(C(F)(F)F)cc4)ncnc3c2)c(C(F)(F)F)c1. The number of nitrogens with one attached hydrogen (secondary N) is 1. The highest BCUT2D eigenvalue weighted by atomic mass is 19.4. The molecule has 4 aromatic rings. The zero-order valence-corrected chi connectivity index (χ0v) is 17.4. The minimum Gasteiger partial charge on any atom is -0.393 e. The Morgan fingerprint density at radius 1 is 0.857 bits per heavy atom. The highest BCUT2D eigenvalue weighted by molar-refractivity contribution is 5.89. The van der Waals surface area contributed by atoms with Crippen molar-refractivity contribution in [3.8, 4) is 11.3 Å². The van der Waals surface area contributed by atoms with Gasteiger partial charge in [-0.1, -0.05) is 0 Å². The molecule has 0 spiro atoms. The maximum Gasteiger partial charge on any atom is 0.418 e. The lowest BCUT2D eigenvalue weighted by Crippen LogP contribution is -2.12. The van der Waals surface area contributed by atoms with Gasteiger partial charge < -0.3 is 15.5 Å². The highest BCUT2D eigenvalue weighted by Gasteiger charge is 2.35. The van der Waals surface area contributed by atoms with Gasteiger partial charge in [-0.3, -0.25) is 4.98 Å². The second kappa shape index (κ2) is 9.07. The summed E-state index contributed by atoms with van der Waals surface area (Å²) in [4.78, 5) is 16.0. The number of nitrogens with zero attached hydrogens (tertiary/aromatic N) is 4. The number of aliphatic hydroxyl groups is 2. The van der Waals surface area contributed by atoms with E-state index in [4.69, 9.17) is 5.11 Å². The van der Waals surface area contributed by atoms with Gasteiger partial charge in [-0.25, -0.2) is 15.0 Å². The number of anilines is 2. The number of aromatic nitrogens is 4. The first-order chi connectivity index (χ1) is 16.5. The number of hydrogen-bond acceptors (Lipinski definition) is 7. The summed E-state index contributed by atoms with van der Waals surface area (Å²) in [5.74, 6) is 0.131. The summed E-state index contributed by atoms with van der Waals surface area (Å²) in [6.07, 6.45) is -7.56. The summed E-state index contributed by atoms with van der Waals surface area (Å²) >= 11 is 0. The molecule has 0 fully saturated rings. The third-order valence-electron chi connectivity index (χ3n) is 5.00. The fraction of sp³-hybridized carbons (Fsp3) is 0.182. The topological polar surface area (TPSA) is 104 Å². The van der Waals surface area contributed by atoms with E-state index in [-0.39, 0.29) is 33.7 Å².